The van der Waals surface area contributed by atoms with E-state index in [0.717, 1.165) is 0 Å². The molecule has 0 aromatic heterocycles. The minimum atomic E-state index is -0.600. The number of amides is 1. The second-order valence-electron chi connectivity index (χ2n) is 1.52. The maximum absolute atomic E-state index is 9.87. The van der Waals surface area contributed by atoms with Crippen LogP contribution in [0.15, 0.2) is 0 Å². The highest BCUT2D eigenvalue weighted by atomic mass is 16.3. The quantitative estimate of drug-likeness (QED) is 0.532. The Kier molecular flexibility index (Phi) is 5.97. The lowest BCUT2D eigenvalue weighted by molar-refractivity contribution is -0.119. The third kappa shape index (κ3) is 9.06. The number of hydrogen-bond donors (Lipinski definition) is 2. The van der Waals surface area contributed by atoms with Crippen LogP contribution < -0.4 is 5.73 Å². The van der Waals surface area contributed by atoms with Gasteiger partial charge in [-0.2, -0.15) is 0 Å². The molecule has 0 saturated heterocycles. The summed E-state index contributed by atoms with van der Waals surface area (Å²) >= 11 is 0. The molecule has 1 atom stereocenters. The van der Waals surface area contributed by atoms with Crippen LogP contribution in [0.3, 0.4) is 0 Å². The smallest absolute Gasteiger partial charge is 0.220 e. The summed E-state index contributed by atoms with van der Waals surface area (Å²) in [7, 11) is 0. The van der Waals surface area contributed by atoms with E-state index in [1.54, 1.807) is 0 Å². The average molecular weight is 119 g/mol. The van der Waals surface area contributed by atoms with Crippen molar-refractivity contribution < 1.29 is 9.90 Å². The molecule has 0 heterocycles. The van der Waals surface area contributed by atoms with Gasteiger partial charge in [0.1, 0.15) is 0 Å². The number of hydrogen-bond acceptors (Lipinski definition) is 2. The molecule has 0 aliphatic heterocycles. The standard InChI is InChI=1S/C4H9NO2.CH4/c1-3(6)2-4(5)7;/h3,6H,2H2,1H3,(H2,5,7);1H4. The molecule has 50 valence electrons. The van der Waals surface area contributed by atoms with Crippen molar-refractivity contribution in [2.24, 2.45) is 5.73 Å². The molecular weight excluding hydrogens is 106 g/mol. The molecule has 3 heteroatoms. The average Bonchev–Trinajstić information content (AvgIpc) is 1.27. The molecule has 8 heavy (non-hydrogen) atoms. The van der Waals surface area contributed by atoms with Gasteiger partial charge in [-0.15, -0.1) is 0 Å². The number of carbonyl (C=O) groups excluding carboxylic acids is 1. The van der Waals surface area contributed by atoms with E-state index in [4.69, 9.17) is 10.8 Å². The first-order valence-corrected chi connectivity index (χ1v) is 2.09. The van der Waals surface area contributed by atoms with Crippen molar-refractivity contribution in [2.45, 2.75) is 26.9 Å². The zero-order chi connectivity index (χ0) is 5.86. The SMILES string of the molecule is C.CC(O)CC(N)=O. The lowest BCUT2D eigenvalue weighted by Gasteiger charge is -1.95. The second-order valence-corrected chi connectivity index (χ2v) is 1.52. The van der Waals surface area contributed by atoms with E-state index in [1.165, 1.54) is 6.92 Å². The third-order valence-electron chi connectivity index (χ3n) is 0.497. The normalized spacial score (nSPS) is 11.8. The molecule has 0 radical (unpaired) electrons. The molecule has 0 aliphatic rings. The van der Waals surface area contributed by atoms with Crippen LogP contribution in [-0.2, 0) is 4.79 Å². The highest BCUT2D eigenvalue weighted by Crippen LogP contribution is 1.84. The molecule has 0 saturated carbocycles. The zero-order valence-electron chi connectivity index (χ0n) is 4.22. The number of primary amides is 1. The Morgan fingerprint density at radius 2 is 2.25 bits per heavy atom. The van der Waals surface area contributed by atoms with Gasteiger partial charge in [-0.05, 0) is 6.92 Å². The number of rotatable bonds is 2. The molecule has 0 spiro atoms. The molecule has 0 bridgehead atoms. The second kappa shape index (κ2) is 4.59. The summed E-state index contributed by atoms with van der Waals surface area (Å²) in [5.41, 5.74) is 4.69. The predicted molar refractivity (Wildman–Crippen MR) is 32.2 cm³/mol. The lowest BCUT2D eigenvalue weighted by Crippen LogP contribution is -2.16. The van der Waals surface area contributed by atoms with Crippen LogP contribution in [0.2, 0.25) is 0 Å². The van der Waals surface area contributed by atoms with Gasteiger partial charge in [0.25, 0.3) is 0 Å². The molecular formula is C5H13NO2. The van der Waals surface area contributed by atoms with Crippen LogP contribution in [0.1, 0.15) is 20.8 Å². The summed E-state index contributed by atoms with van der Waals surface area (Å²) in [5, 5.41) is 8.42. The van der Waals surface area contributed by atoms with E-state index in [1.807, 2.05) is 0 Å². The molecule has 0 aromatic carbocycles. The van der Waals surface area contributed by atoms with Crippen molar-refractivity contribution in [3.63, 3.8) is 0 Å². The maximum atomic E-state index is 9.87. The molecule has 3 nitrogen and oxygen atoms in total. The zero-order valence-corrected chi connectivity index (χ0v) is 4.22. The van der Waals surface area contributed by atoms with Gasteiger partial charge in [0.2, 0.25) is 5.91 Å². The topological polar surface area (TPSA) is 63.3 Å². The van der Waals surface area contributed by atoms with E-state index in [9.17, 15) is 4.79 Å². The molecule has 1 unspecified atom stereocenters. The summed E-state index contributed by atoms with van der Waals surface area (Å²) in [5.74, 6) is -0.463. The maximum Gasteiger partial charge on any atom is 0.220 e. The summed E-state index contributed by atoms with van der Waals surface area (Å²) in [6.07, 6.45) is -0.544. The number of aliphatic hydroxyl groups is 1. The van der Waals surface area contributed by atoms with E-state index in [-0.39, 0.29) is 13.8 Å². The predicted octanol–water partition coefficient (Wildman–Crippen LogP) is -0.121. The van der Waals surface area contributed by atoms with E-state index in [2.05, 4.69) is 0 Å². The van der Waals surface area contributed by atoms with Gasteiger partial charge in [-0.3, -0.25) is 4.79 Å². The minimum Gasteiger partial charge on any atom is -0.393 e. The number of nitrogens with two attached hydrogens (primary N) is 1. The first kappa shape index (κ1) is 10.4. The Balaban J connectivity index is 0. The summed E-state index contributed by atoms with van der Waals surface area (Å²) < 4.78 is 0. The van der Waals surface area contributed by atoms with Crippen molar-refractivity contribution in [1.82, 2.24) is 0 Å². The molecule has 3 N–H and O–H groups in total. The van der Waals surface area contributed by atoms with Crippen LogP contribution in [0.25, 0.3) is 0 Å². The summed E-state index contributed by atoms with van der Waals surface area (Å²) in [4.78, 5) is 9.87. The molecule has 0 fully saturated rings. The van der Waals surface area contributed by atoms with Crippen LogP contribution in [0.4, 0.5) is 0 Å². The van der Waals surface area contributed by atoms with Crippen LogP contribution in [-0.4, -0.2) is 17.1 Å². The van der Waals surface area contributed by atoms with Crippen LogP contribution >= 0.6 is 0 Å². The largest absolute Gasteiger partial charge is 0.393 e. The van der Waals surface area contributed by atoms with Gasteiger partial charge in [0.05, 0.1) is 12.5 Å². The van der Waals surface area contributed by atoms with Gasteiger partial charge >= 0.3 is 0 Å². The van der Waals surface area contributed by atoms with E-state index in [0.29, 0.717) is 0 Å². The Morgan fingerprint density at radius 3 is 2.25 bits per heavy atom. The fourth-order valence-electron chi connectivity index (χ4n) is 0.291. The molecule has 0 rings (SSSR count). The van der Waals surface area contributed by atoms with E-state index >= 15 is 0 Å². The fourth-order valence-corrected chi connectivity index (χ4v) is 0.291. The van der Waals surface area contributed by atoms with Crippen molar-refractivity contribution in [2.75, 3.05) is 0 Å². The van der Waals surface area contributed by atoms with Crippen LogP contribution in [0.5, 0.6) is 0 Å². The third-order valence-corrected chi connectivity index (χ3v) is 0.497. The summed E-state index contributed by atoms with van der Waals surface area (Å²) in [6, 6.07) is 0. The minimum absolute atomic E-state index is 0. The highest BCUT2D eigenvalue weighted by molar-refractivity contribution is 5.74. The Morgan fingerprint density at radius 1 is 1.88 bits per heavy atom. The Bertz CT molecular complexity index is 70.8. The number of aliphatic hydroxyl groups excluding tert-OH is 1. The van der Waals surface area contributed by atoms with Gasteiger partial charge in [0, 0.05) is 0 Å². The van der Waals surface area contributed by atoms with Gasteiger partial charge < -0.3 is 10.8 Å². The molecule has 0 aliphatic carbocycles. The Labute approximate surface area is 49.5 Å². The number of carbonyl (C=O) groups is 1. The van der Waals surface area contributed by atoms with Gasteiger partial charge in [-0.25, -0.2) is 0 Å². The van der Waals surface area contributed by atoms with Gasteiger partial charge in [0.15, 0.2) is 0 Å². The lowest BCUT2D eigenvalue weighted by atomic mass is 10.3. The van der Waals surface area contributed by atoms with Gasteiger partial charge in [-0.1, -0.05) is 7.43 Å². The van der Waals surface area contributed by atoms with Crippen molar-refractivity contribution >= 4 is 5.91 Å². The Hall–Kier alpha value is -0.570. The molecule has 1 amide bonds. The van der Waals surface area contributed by atoms with Crippen molar-refractivity contribution in [3.05, 3.63) is 0 Å². The highest BCUT2D eigenvalue weighted by Gasteiger charge is 1.97. The van der Waals surface area contributed by atoms with Crippen molar-refractivity contribution in [3.8, 4) is 0 Å². The van der Waals surface area contributed by atoms with Crippen LogP contribution in [0, 0.1) is 0 Å². The monoisotopic (exact) mass is 119 g/mol. The first-order chi connectivity index (χ1) is 3.13. The fraction of sp³-hybridized carbons (Fsp3) is 0.800. The summed E-state index contributed by atoms with van der Waals surface area (Å²) in [6.45, 7) is 1.52. The first-order valence-electron chi connectivity index (χ1n) is 2.09. The van der Waals surface area contributed by atoms with E-state index < -0.39 is 12.0 Å². The molecule has 0 aromatic rings. The van der Waals surface area contributed by atoms with Crippen molar-refractivity contribution in [1.29, 1.82) is 0 Å².